The first-order chi connectivity index (χ1) is 8.33. The van der Waals surface area contributed by atoms with E-state index in [1.165, 1.54) is 27.8 Å². The quantitative estimate of drug-likeness (QED) is 0.699. The van der Waals surface area contributed by atoms with E-state index in [1.807, 2.05) is 0 Å². The molecular weight excluding hydrogens is 272 g/mol. The summed E-state index contributed by atoms with van der Waals surface area (Å²) in [4.78, 5) is 0. The van der Waals surface area contributed by atoms with Gasteiger partial charge in [-0.05, 0) is 34.2 Å². The highest BCUT2D eigenvalue weighted by Crippen LogP contribution is 2.45. The maximum Gasteiger partial charge on any atom is 0.00760 e. The molecule has 0 heterocycles. The van der Waals surface area contributed by atoms with Crippen LogP contribution < -0.4 is 0 Å². The summed E-state index contributed by atoms with van der Waals surface area (Å²) < 4.78 is 0. The fraction of sp³-hybridized carbons (Fsp3) is 0.250. The molecule has 3 rings (SSSR count). The highest BCUT2D eigenvalue weighted by molar-refractivity contribution is 9.09. The zero-order valence-corrected chi connectivity index (χ0v) is 11.5. The number of hydrogen-bond acceptors (Lipinski definition) is 0. The van der Waals surface area contributed by atoms with Gasteiger partial charge >= 0.3 is 0 Å². The van der Waals surface area contributed by atoms with Crippen LogP contribution in [-0.4, -0.2) is 5.33 Å². The van der Waals surface area contributed by atoms with Crippen molar-refractivity contribution in [3.05, 3.63) is 59.2 Å². The van der Waals surface area contributed by atoms with E-state index in [4.69, 9.17) is 0 Å². The van der Waals surface area contributed by atoms with Gasteiger partial charge in [0.1, 0.15) is 0 Å². The van der Waals surface area contributed by atoms with E-state index >= 15 is 0 Å². The minimum absolute atomic E-state index is 0.538. The van der Waals surface area contributed by atoms with Crippen molar-refractivity contribution in [3.63, 3.8) is 0 Å². The largest absolute Gasteiger partial charge is 0.0924 e. The summed E-state index contributed by atoms with van der Waals surface area (Å²) in [7, 11) is 0. The fourth-order valence-electron chi connectivity index (χ4n) is 2.95. The predicted octanol–water partition coefficient (Wildman–Crippen LogP) is 4.76. The molecule has 1 atom stereocenters. The van der Waals surface area contributed by atoms with E-state index in [1.54, 1.807) is 0 Å². The van der Waals surface area contributed by atoms with Crippen LogP contribution in [0, 0.1) is 0 Å². The van der Waals surface area contributed by atoms with Gasteiger partial charge in [0, 0.05) is 11.2 Å². The van der Waals surface area contributed by atoms with E-state index in [-0.39, 0.29) is 0 Å². The number of rotatable bonds is 2. The molecule has 17 heavy (non-hydrogen) atoms. The molecule has 2 aromatic carbocycles. The molecule has 86 valence electrons. The molecule has 0 radical (unpaired) electrons. The van der Waals surface area contributed by atoms with Gasteiger partial charge in [-0.15, -0.1) is 0 Å². The van der Waals surface area contributed by atoms with Crippen LogP contribution in [0.4, 0.5) is 0 Å². The van der Waals surface area contributed by atoms with Gasteiger partial charge in [0.05, 0.1) is 0 Å². The van der Waals surface area contributed by atoms with Gasteiger partial charge in [0.2, 0.25) is 0 Å². The predicted molar refractivity (Wildman–Crippen MR) is 76.9 cm³/mol. The van der Waals surface area contributed by atoms with Crippen LogP contribution in [-0.2, 0) is 6.42 Å². The Morgan fingerprint density at radius 3 is 2.59 bits per heavy atom. The minimum Gasteiger partial charge on any atom is -0.0924 e. The average Bonchev–Trinajstić information content (AvgIpc) is 2.66. The minimum atomic E-state index is 0.538. The second kappa shape index (κ2) is 4.30. The first kappa shape index (κ1) is 11.0. The lowest BCUT2D eigenvalue weighted by Gasteiger charge is -2.11. The Hall–Kier alpha value is -1.08. The van der Waals surface area contributed by atoms with Gasteiger partial charge in [-0.2, -0.15) is 0 Å². The van der Waals surface area contributed by atoms with E-state index in [9.17, 15) is 0 Å². The lowest BCUT2D eigenvalue weighted by molar-refractivity contribution is 0.927. The number of aryl methyl sites for hydroxylation is 1. The molecule has 0 N–H and O–H groups in total. The van der Waals surface area contributed by atoms with Crippen molar-refractivity contribution in [1.82, 2.24) is 0 Å². The van der Waals surface area contributed by atoms with Crippen molar-refractivity contribution >= 4 is 15.9 Å². The van der Waals surface area contributed by atoms with E-state index in [2.05, 4.69) is 65.3 Å². The first-order valence-corrected chi connectivity index (χ1v) is 7.22. The third-order valence-electron chi connectivity index (χ3n) is 3.71. The monoisotopic (exact) mass is 286 g/mol. The molecule has 0 spiro atoms. The Labute approximate surface area is 111 Å². The van der Waals surface area contributed by atoms with Crippen LogP contribution in [0.15, 0.2) is 42.5 Å². The lowest BCUT2D eigenvalue weighted by atomic mass is 9.93. The molecule has 0 saturated carbocycles. The molecule has 1 heteroatoms. The Morgan fingerprint density at radius 2 is 1.76 bits per heavy atom. The molecular formula is C16H15Br. The summed E-state index contributed by atoms with van der Waals surface area (Å²) in [5, 5.41) is 1.03. The van der Waals surface area contributed by atoms with Gasteiger partial charge in [0.25, 0.3) is 0 Å². The van der Waals surface area contributed by atoms with Gasteiger partial charge in [-0.1, -0.05) is 65.3 Å². The van der Waals surface area contributed by atoms with Gasteiger partial charge in [0.15, 0.2) is 0 Å². The van der Waals surface area contributed by atoms with Crippen LogP contribution >= 0.6 is 15.9 Å². The van der Waals surface area contributed by atoms with Crippen molar-refractivity contribution < 1.29 is 0 Å². The normalized spacial score (nSPS) is 16.7. The molecule has 0 nitrogen and oxygen atoms in total. The summed E-state index contributed by atoms with van der Waals surface area (Å²) in [6.07, 6.45) is 1.11. The van der Waals surface area contributed by atoms with Crippen molar-refractivity contribution in [3.8, 4) is 11.1 Å². The Bertz CT molecular complexity index is 557. The average molecular weight is 287 g/mol. The number of benzene rings is 2. The van der Waals surface area contributed by atoms with Gasteiger partial charge < -0.3 is 0 Å². The van der Waals surface area contributed by atoms with Crippen molar-refractivity contribution in [2.24, 2.45) is 0 Å². The molecule has 0 bridgehead atoms. The Morgan fingerprint density at radius 1 is 1.00 bits per heavy atom. The zero-order chi connectivity index (χ0) is 11.8. The number of hydrogen-bond donors (Lipinski definition) is 0. The second-order valence-corrected chi connectivity index (χ2v) is 5.42. The summed E-state index contributed by atoms with van der Waals surface area (Å²) in [5.41, 5.74) is 7.36. The maximum atomic E-state index is 3.55. The summed E-state index contributed by atoms with van der Waals surface area (Å²) >= 11 is 3.55. The maximum absolute atomic E-state index is 3.55. The van der Waals surface area contributed by atoms with Crippen LogP contribution in [0.25, 0.3) is 11.1 Å². The van der Waals surface area contributed by atoms with Gasteiger partial charge in [-0.25, -0.2) is 0 Å². The molecule has 2 aromatic rings. The fourth-order valence-corrected chi connectivity index (χ4v) is 3.38. The third-order valence-corrected chi connectivity index (χ3v) is 4.11. The highest BCUT2D eigenvalue weighted by atomic mass is 79.9. The molecule has 1 aliphatic carbocycles. The molecule has 0 aromatic heterocycles. The second-order valence-electron chi connectivity index (χ2n) is 4.63. The zero-order valence-electron chi connectivity index (χ0n) is 9.91. The summed E-state index contributed by atoms with van der Waals surface area (Å²) in [6, 6.07) is 15.5. The first-order valence-electron chi connectivity index (χ1n) is 6.10. The number of alkyl halides is 1. The van der Waals surface area contributed by atoms with Crippen molar-refractivity contribution in [2.75, 3.05) is 5.33 Å². The van der Waals surface area contributed by atoms with Crippen LogP contribution in [0.5, 0.6) is 0 Å². The van der Waals surface area contributed by atoms with Gasteiger partial charge in [-0.3, -0.25) is 0 Å². The third kappa shape index (κ3) is 1.64. The molecule has 0 amide bonds. The SMILES string of the molecule is CC1c2ccccc2-c2cccc(CCBr)c21. The van der Waals surface area contributed by atoms with Crippen LogP contribution in [0.3, 0.4) is 0 Å². The smallest absolute Gasteiger partial charge is 0.00760 e. The topological polar surface area (TPSA) is 0 Å². The van der Waals surface area contributed by atoms with E-state index < -0.39 is 0 Å². The van der Waals surface area contributed by atoms with Crippen molar-refractivity contribution in [2.45, 2.75) is 19.3 Å². The summed E-state index contributed by atoms with van der Waals surface area (Å²) in [6.45, 7) is 2.32. The molecule has 1 unspecified atom stereocenters. The molecule has 0 saturated heterocycles. The van der Waals surface area contributed by atoms with Crippen molar-refractivity contribution in [1.29, 1.82) is 0 Å². The number of fused-ring (bicyclic) bond motifs is 3. The standard InChI is InChI=1S/C16H15Br/c1-11-13-6-2-3-7-14(13)15-8-4-5-12(9-10-17)16(11)15/h2-8,11H,9-10H2,1H3. The summed E-state index contributed by atoms with van der Waals surface area (Å²) in [5.74, 6) is 0.538. The van der Waals surface area contributed by atoms with E-state index in [0.29, 0.717) is 5.92 Å². The molecule has 1 aliphatic rings. The lowest BCUT2D eigenvalue weighted by Crippen LogP contribution is -1.97. The Balaban J connectivity index is 2.23. The van der Waals surface area contributed by atoms with E-state index in [0.717, 1.165) is 11.8 Å². The highest BCUT2D eigenvalue weighted by Gasteiger charge is 2.26. The molecule has 0 fully saturated rings. The number of halogens is 1. The Kier molecular flexibility index (Phi) is 2.79. The molecule has 0 aliphatic heterocycles. The van der Waals surface area contributed by atoms with Crippen LogP contribution in [0.2, 0.25) is 0 Å². The van der Waals surface area contributed by atoms with Crippen LogP contribution in [0.1, 0.15) is 29.5 Å².